The molecule has 2 nitrogen and oxygen atoms in total. The first-order valence-electron chi connectivity index (χ1n) is 4.72. The Balaban J connectivity index is 0.00000128. The Morgan fingerprint density at radius 1 is 1.00 bits per heavy atom. The van der Waals surface area contributed by atoms with E-state index in [1.54, 1.807) is 24.5 Å². The molecule has 1 aromatic heterocycles. The van der Waals surface area contributed by atoms with Gasteiger partial charge in [-0.25, -0.2) is 0 Å². The second-order valence-electron chi connectivity index (χ2n) is 3.18. The third kappa shape index (κ3) is 3.11. The molecule has 0 fully saturated rings. The molecule has 0 spiro atoms. The van der Waals surface area contributed by atoms with Gasteiger partial charge < -0.3 is 5.11 Å². The minimum atomic E-state index is 0. The molecular weight excluding hydrogens is 222 g/mol. The van der Waals surface area contributed by atoms with Gasteiger partial charge in [0.05, 0.1) is 0 Å². The van der Waals surface area contributed by atoms with Gasteiger partial charge in [-0.15, -0.1) is 12.4 Å². The van der Waals surface area contributed by atoms with E-state index >= 15 is 0 Å². The van der Waals surface area contributed by atoms with Crippen LogP contribution in [0.15, 0.2) is 48.8 Å². The molecule has 0 radical (unpaired) electrons. The SMILES string of the molecule is Cl.Oc1ccccc1C=Cc1cccnc1. The maximum absolute atomic E-state index is 9.52. The molecule has 0 saturated heterocycles. The zero-order chi connectivity index (χ0) is 10.5. The second kappa shape index (κ2) is 5.93. The van der Waals surface area contributed by atoms with Gasteiger partial charge in [0.15, 0.2) is 0 Å². The van der Waals surface area contributed by atoms with Gasteiger partial charge in [-0.05, 0) is 17.7 Å². The highest BCUT2D eigenvalue weighted by Crippen LogP contribution is 2.18. The number of nitrogens with zero attached hydrogens (tertiary/aromatic N) is 1. The molecule has 0 aliphatic carbocycles. The van der Waals surface area contributed by atoms with Crippen LogP contribution in [0.2, 0.25) is 0 Å². The number of para-hydroxylation sites is 1. The van der Waals surface area contributed by atoms with Crippen molar-refractivity contribution >= 4 is 24.6 Å². The van der Waals surface area contributed by atoms with Crippen LogP contribution in [0.25, 0.3) is 12.2 Å². The maximum Gasteiger partial charge on any atom is 0.122 e. The first-order chi connectivity index (χ1) is 7.36. The molecule has 1 aromatic carbocycles. The Labute approximate surface area is 101 Å². The summed E-state index contributed by atoms with van der Waals surface area (Å²) in [6.07, 6.45) is 7.29. The largest absolute Gasteiger partial charge is 0.507 e. The molecular formula is C13H12ClNO. The predicted molar refractivity (Wildman–Crippen MR) is 68.5 cm³/mol. The average Bonchev–Trinajstić information content (AvgIpc) is 2.29. The summed E-state index contributed by atoms with van der Waals surface area (Å²) in [7, 11) is 0. The van der Waals surface area contributed by atoms with Crippen LogP contribution in [0.1, 0.15) is 11.1 Å². The third-order valence-corrected chi connectivity index (χ3v) is 2.08. The summed E-state index contributed by atoms with van der Waals surface area (Å²) in [5.41, 5.74) is 1.82. The molecule has 0 saturated carbocycles. The molecule has 0 atom stereocenters. The fraction of sp³-hybridized carbons (Fsp3) is 0. The van der Waals surface area contributed by atoms with Crippen molar-refractivity contribution in [3.05, 3.63) is 59.9 Å². The van der Waals surface area contributed by atoms with Crippen LogP contribution >= 0.6 is 12.4 Å². The number of phenolic OH excluding ortho intramolecular Hbond substituents is 1. The van der Waals surface area contributed by atoms with E-state index in [9.17, 15) is 5.11 Å². The highest BCUT2D eigenvalue weighted by atomic mass is 35.5. The lowest BCUT2D eigenvalue weighted by molar-refractivity contribution is 0.474. The lowest BCUT2D eigenvalue weighted by Crippen LogP contribution is -1.75. The van der Waals surface area contributed by atoms with Crippen molar-refractivity contribution in [1.29, 1.82) is 0 Å². The van der Waals surface area contributed by atoms with Gasteiger partial charge in [-0.3, -0.25) is 4.98 Å². The van der Waals surface area contributed by atoms with Crippen molar-refractivity contribution in [2.24, 2.45) is 0 Å². The molecule has 82 valence electrons. The standard InChI is InChI=1S/C13H11NO.ClH/c15-13-6-2-1-5-12(13)8-7-11-4-3-9-14-10-11;/h1-10,15H;1H. The number of hydrogen-bond donors (Lipinski definition) is 1. The smallest absolute Gasteiger partial charge is 0.122 e. The van der Waals surface area contributed by atoms with E-state index in [2.05, 4.69) is 4.98 Å². The number of rotatable bonds is 2. The first kappa shape index (κ1) is 12.3. The molecule has 0 aliphatic heterocycles. The summed E-state index contributed by atoms with van der Waals surface area (Å²) < 4.78 is 0. The minimum Gasteiger partial charge on any atom is -0.507 e. The van der Waals surface area contributed by atoms with E-state index in [1.807, 2.05) is 36.4 Å². The Hall–Kier alpha value is -1.80. The Morgan fingerprint density at radius 2 is 1.81 bits per heavy atom. The van der Waals surface area contributed by atoms with Crippen LogP contribution in [0.4, 0.5) is 0 Å². The number of aromatic nitrogens is 1. The lowest BCUT2D eigenvalue weighted by atomic mass is 10.1. The van der Waals surface area contributed by atoms with E-state index in [-0.39, 0.29) is 18.2 Å². The van der Waals surface area contributed by atoms with Gasteiger partial charge in [0.25, 0.3) is 0 Å². The molecule has 1 N–H and O–H groups in total. The fourth-order valence-electron chi connectivity index (χ4n) is 1.29. The third-order valence-electron chi connectivity index (χ3n) is 2.08. The lowest BCUT2D eigenvalue weighted by Gasteiger charge is -1.97. The van der Waals surface area contributed by atoms with Gasteiger partial charge in [0.1, 0.15) is 5.75 Å². The number of hydrogen-bond acceptors (Lipinski definition) is 2. The summed E-state index contributed by atoms with van der Waals surface area (Å²) in [6.45, 7) is 0. The molecule has 2 rings (SSSR count). The van der Waals surface area contributed by atoms with Gasteiger partial charge in [-0.1, -0.05) is 36.4 Å². The van der Waals surface area contributed by atoms with Crippen LogP contribution in [0.3, 0.4) is 0 Å². The van der Waals surface area contributed by atoms with Crippen LogP contribution < -0.4 is 0 Å². The van der Waals surface area contributed by atoms with E-state index < -0.39 is 0 Å². The maximum atomic E-state index is 9.52. The summed E-state index contributed by atoms with van der Waals surface area (Å²) in [5, 5.41) is 9.52. The highest BCUT2D eigenvalue weighted by molar-refractivity contribution is 5.85. The summed E-state index contributed by atoms with van der Waals surface area (Å²) >= 11 is 0. The van der Waals surface area contributed by atoms with Crippen molar-refractivity contribution in [2.45, 2.75) is 0 Å². The van der Waals surface area contributed by atoms with Crippen molar-refractivity contribution in [3.8, 4) is 5.75 Å². The zero-order valence-electron chi connectivity index (χ0n) is 8.58. The minimum absolute atomic E-state index is 0. The van der Waals surface area contributed by atoms with Crippen molar-refractivity contribution in [2.75, 3.05) is 0 Å². The molecule has 1 heterocycles. The Morgan fingerprint density at radius 3 is 2.50 bits per heavy atom. The molecule has 3 heteroatoms. The van der Waals surface area contributed by atoms with Crippen LogP contribution in [-0.2, 0) is 0 Å². The van der Waals surface area contributed by atoms with Gasteiger partial charge >= 0.3 is 0 Å². The molecule has 16 heavy (non-hydrogen) atoms. The van der Waals surface area contributed by atoms with E-state index in [0.29, 0.717) is 0 Å². The van der Waals surface area contributed by atoms with Gasteiger partial charge in [0, 0.05) is 18.0 Å². The quantitative estimate of drug-likeness (QED) is 0.863. The highest BCUT2D eigenvalue weighted by Gasteiger charge is 1.93. The number of phenols is 1. The molecule has 2 aromatic rings. The van der Waals surface area contributed by atoms with Gasteiger partial charge in [-0.2, -0.15) is 0 Å². The summed E-state index contributed by atoms with van der Waals surface area (Å²) in [4.78, 5) is 4.01. The first-order valence-corrected chi connectivity index (χ1v) is 4.72. The predicted octanol–water partition coefficient (Wildman–Crippen LogP) is 3.38. The summed E-state index contributed by atoms with van der Waals surface area (Å²) in [6, 6.07) is 11.1. The topological polar surface area (TPSA) is 33.1 Å². The van der Waals surface area contributed by atoms with E-state index in [4.69, 9.17) is 0 Å². The van der Waals surface area contributed by atoms with E-state index in [0.717, 1.165) is 11.1 Å². The fourth-order valence-corrected chi connectivity index (χ4v) is 1.29. The molecule has 0 bridgehead atoms. The number of benzene rings is 1. The van der Waals surface area contributed by atoms with Crippen LogP contribution in [0, 0.1) is 0 Å². The van der Waals surface area contributed by atoms with Crippen LogP contribution in [0.5, 0.6) is 5.75 Å². The molecule has 0 amide bonds. The van der Waals surface area contributed by atoms with Crippen molar-refractivity contribution in [3.63, 3.8) is 0 Å². The second-order valence-corrected chi connectivity index (χ2v) is 3.18. The summed E-state index contributed by atoms with van der Waals surface area (Å²) in [5.74, 6) is 0.289. The Kier molecular flexibility index (Phi) is 4.55. The average molecular weight is 234 g/mol. The number of pyridine rings is 1. The molecule has 0 unspecified atom stereocenters. The zero-order valence-corrected chi connectivity index (χ0v) is 9.39. The Bertz CT molecular complexity index is 468. The molecule has 0 aliphatic rings. The van der Waals surface area contributed by atoms with Crippen LogP contribution in [-0.4, -0.2) is 10.1 Å². The number of aromatic hydroxyl groups is 1. The monoisotopic (exact) mass is 233 g/mol. The normalized spacial score (nSPS) is 10.0. The van der Waals surface area contributed by atoms with Gasteiger partial charge in [0.2, 0.25) is 0 Å². The van der Waals surface area contributed by atoms with Crippen molar-refractivity contribution < 1.29 is 5.11 Å². The number of halogens is 1. The van der Waals surface area contributed by atoms with Crippen molar-refractivity contribution in [1.82, 2.24) is 4.98 Å². The van der Waals surface area contributed by atoms with E-state index in [1.165, 1.54) is 0 Å².